The molecule has 0 aromatic carbocycles. The van der Waals surface area contributed by atoms with Crippen LogP contribution in [0.1, 0.15) is 36.9 Å². The van der Waals surface area contributed by atoms with Crippen LogP contribution in [0, 0.1) is 0 Å². The molecule has 2 fully saturated rings. The van der Waals surface area contributed by atoms with Gasteiger partial charge < -0.3 is 11.1 Å². The number of imide groups is 1. The summed E-state index contributed by atoms with van der Waals surface area (Å²) in [6.45, 7) is 0.539. The van der Waals surface area contributed by atoms with E-state index in [-0.39, 0.29) is 18.5 Å². The van der Waals surface area contributed by atoms with Gasteiger partial charge in [0.15, 0.2) is 0 Å². The molecule has 0 atom stereocenters. The summed E-state index contributed by atoms with van der Waals surface area (Å²) < 4.78 is 0. The third kappa shape index (κ3) is 1.96. The van der Waals surface area contributed by atoms with Crippen molar-refractivity contribution in [1.82, 2.24) is 15.2 Å². The van der Waals surface area contributed by atoms with Gasteiger partial charge in [0.2, 0.25) is 0 Å². The molecule has 3 rings (SSSR count). The number of hydrogen-bond donors (Lipinski definition) is 2. The highest BCUT2D eigenvalue weighted by Crippen LogP contribution is 2.35. The Bertz CT molecular complexity index is 552. The first-order chi connectivity index (χ1) is 9.66. The molecular formula is C14H18N4O2. The Morgan fingerprint density at radius 3 is 2.80 bits per heavy atom. The van der Waals surface area contributed by atoms with Crippen molar-refractivity contribution in [2.75, 3.05) is 0 Å². The van der Waals surface area contributed by atoms with Gasteiger partial charge in [0.25, 0.3) is 5.91 Å². The van der Waals surface area contributed by atoms with Gasteiger partial charge in [-0.2, -0.15) is 0 Å². The Kier molecular flexibility index (Phi) is 3.17. The van der Waals surface area contributed by atoms with Crippen molar-refractivity contribution in [3.8, 4) is 0 Å². The van der Waals surface area contributed by atoms with Crippen molar-refractivity contribution in [1.29, 1.82) is 0 Å². The first-order valence-corrected chi connectivity index (χ1v) is 6.93. The lowest BCUT2D eigenvalue weighted by atomic mass is 9.98. The number of amides is 3. The minimum atomic E-state index is -0.651. The average Bonchev–Trinajstić information content (AvgIpc) is 3.01. The minimum Gasteiger partial charge on any atom is -0.325 e. The first-order valence-electron chi connectivity index (χ1n) is 6.93. The second kappa shape index (κ2) is 4.86. The SMILES string of the molecule is NCc1ncccc1CN1C(=O)NC2(CCCC2)C1=O. The molecule has 6 nitrogen and oxygen atoms in total. The summed E-state index contributed by atoms with van der Waals surface area (Å²) in [5.41, 5.74) is 6.54. The van der Waals surface area contributed by atoms with E-state index in [2.05, 4.69) is 10.3 Å². The second-order valence-corrected chi connectivity index (χ2v) is 5.42. The Morgan fingerprint density at radius 2 is 2.10 bits per heavy atom. The zero-order valence-corrected chi connectivity index (χ0v) is 11.3. The molecule has 3 amide bonds. The van der Waals surface area contributed by atoms with Crippen LogP contribution in [0.2, 0.25) is 0 Å². The van der Waals surface area contributed by atoms with E-state index in [1.807, 2.05) is 6.07 Å². The number of carbonyl (C=O) groups is 2. The summed E-state index contributed by atoms with van der Waals surface area (Å²) in [6, 6.07) is 3.34. The van der Waals surface area contributed by atoms with E-state index < -0.39 is 5.54 Å². The molecule has 2 heterocycles. The molecule has 1 spiro atoms. The molecule has 106 valence electrons. The van der Waals surface area contributed by atoms with Gasteiger partial charge in [0.1, 0.15) is 5.54 Å². The van der Waals surface area contributed by atoms with Crippen molar-refractivity contribution in [3.05, 3.63) is 29.6 Å². The van der Waals surface area contributed by atoms with Crippen LogP contribution < -0.4 is 11.1 Å². The van der Waals surface area contributed by atoms with Crippen LogP contribution in [0.15, 0.2) is 18.3 Å². The summed E-state index contributed by atoms with van der Waals surface area (Å²) in [6.07, 6.45) is 5.12. The van der Waals surface area contributed by atoms with Crippen LogP contribution in [0.5, 0.6) is 0 Å². The van der Waals surface area contributed by atoms with Gasteiger partial charge in [-0.1, -0.05) is 18.9 Å². The van der Waals surface area contributed by atoms with E-state index in [0.29, 0.717) is 6.54 Å². The maximum atomic E-state index is 12.5. The first kappa shape index (κ1) is 13.1. The van der Waals surface area contributed by atoms with E-state index in [1.165, 1.54) is 4.90 Å². The average molecular weight is 274 g/mol. The number of urea groups is 1. The fourth-order valence-electron chi connectivity index (χ4n) is 3.11. The Balaban J connectivity index is 1.84. The van der Waals surface area contributed by atoms with Gasteiger partial charge in [-0.25, -0.2) is 4.79 Å². The highest BCUT2D eigenvalue weighted by atomic mass is 16.2. The maximum Gasteiger partial charge on any atom is 0.325 e. The van der Waals surface area contributed by atoms with Gasteiger partial charge in [-0.15, -0.1) is 0 Å². The van der Waals surface area contributed by atoms with Crippen LogP contribution in [-0.2, 0) is 17.9 Å². The predicted molar refractivity (Wildman–Crippen MR) is 72.4 cm³/mol. The molecule has 1 aromatic rings. The fraction of sp³-hybridized carbons (Fsp3) is 0.500. The van der Waals surface area contributed by atoms with Crippen molar-refractivity contribution in [2.24, 2.45) is 5.73 Å². The van der Waals surface area contributed by atoms with Gasteiger partial charge in [-0.3, -0.25) is 14.7 Å². The molecular weight excluding hydrogens is 256 g/mol. The zero-order chi connectivity index (χ0) is 14.2. The Morgan fingerprint density at radius 1 is 1.35 bits per heavy atom. The number of nitrogens with one attached hydrogen (secondary N) is 1. The molecule has 0 unspecified atom stereocenters. The highest BCUT2D eigenvalue weighted by molar-refractivity contribution is 6.07. The predicted octanol–water partition coefficient (Wildman–Crippen LogP) is 0.905. The number of aromatic nitrogens is 1. The molecule has 1 aromatic heterocycles. The van der Waals surface area contributed by atoms with E-state index in [1.54, 1.807) is 12.3 Å². The van der Waals surface area contributed by atoms with Gasteiger partial charge in [0, 0.05) is 12.7 Å². The van der Waals surface area contributed by atoms with Crippen LogP contribution in [0.25, 0.3) is 0 Å². The zero-order valence-electron chi connectivity index (χ0n) is 11.3. The number of nitrogens with zero attached hydrogens (tertiary/aromatic N) is 2. The molecule has 1 aliphatic carbocycles. The van der Waals surface area contributed by atoms with E-state index >= 15 is 0 Å². The summed E-state index contributed by atoms with van der Waals surface area (Å²) >= 11 is 0. The highest BCUT2D eigenvalue weighted by Gasteiger charge is 2.52. The number of pyridine rings is 1. The normalized spacial score (nSPS) is 20.8. The lowest BCUT2D eigenvalue weighted by Crippen LogP contribution is -2.44. The quantitative estimate of drug-likeness (QED) is 0.802. The molecule has 0 bridgehead atoms. The molecule has 3 N–H and O–H groups in total. The summed E-state index contributed by atoms with van der Waals surface area (Å²) in [7, 11) is 0. The minimum absolute atomic E-state index is 0.105. The molecule has 20 heavy (non-hydrogen) atoms. The molecule has 1 saturated carbocycles. The van der Waals surface area contributed by atoms with E-state index in [4.69, 9.17) is 5.73 Å². The molecule has 0 radical (unpaired) electrons. The standard InChI is InChI=1S/C14H18N4O2/c15-8-11-10(4-3-7-16-11)9-18-12(19)14(17-13(18)20)5-1-2-6-14/h3-4,7H,1-2,5-6,8-9,15H2,(H,17,20). The summed E-state index contributed by atoms with van der Waals surface area (Å²) in [4.78, 5) is 30.1. The van der Waals surface area contributed by atoms with Crippen LogP contribution in [0.4, 0.5) is 4.79 Å². The van der Waals surface area contributed by atoms with E-state index in [0.717, 1.165) is 36.9 Å². The number of nitrogens with two attached hydrogens (primary N) is 1. The van der Waals surface area contributed by atoms with Gasteiger partial charge >= 0.3 is 6.03 Å². The lowest BCUT2D eigenvalue weighted by Gasteiger charge is -2.20. The van der Waals surface area contributed by atoms with Crippen molar-refractivity contribution >= 4 is 11.9 Å². The third-order valence-corrected chi connectivity index (χ3v) is 4.21. The van der Waals surface area contributed by atoms with Crippen LogP contribution >= 0.6 is 0 Å². The van der Waals surface area contributed by atoms with Gasteiger partial charge in [0.05, 0.1) is 12.2 Å². The molecule has 2 aliphatic rings. The number of carbonyl (C=O) groups excluding carboxylic acids is 2. The maximum absolute atomic E-state index is 12.5. The summed E-state index contributed by atoms with van der Waals surface area (Å²) in [5.74, 6) is -0.105. The van der Waals surface area contributed by atoms with Crippen molar-refractivity contribution in [2.45, 2.75) is 44.3 Å². The molecule has 1 aliphatic heterocycles. The number of hydrogen-bond acceptors (Lipinski definition) is 4. The fourth-order valence-corrected chi connectivity index (χ4v) is 3.11. The topological polar surface area (TPSA) is 88.3 Å². The number of rotatable bonds is 3. The monoisotopic (exact) mass is 274 g/mol. The van der Waals surface area contributed by atoms with E-state index in [9.17, 15) is 9.59 Å². The Labute approximate surface area is 117 Å². The molecule has 1 saturated heterocycles. The van der Waals surface area contributed by atoms with Gasteiger partial charge in [-0.05, 0) is 24.5 Å². The third-order valence-electron chi connectivity index (χ3n) is 4.21. The van der Waals surface area contributed by atoms with Crippen molar-refractivity contribution in [3.63, 3.8) is 0 Å². The largest absolute Gasteiger partial charge is 0.325 e. The van der Waals surface area contributed by atoms with Crippen LogP contribution in [-0.4, -0.2) is 27.4 Å². The molecule has 6 heteroatoms. The second-order valence-electron chi connectivity index (χ2n) is 5.42. The van der Waals surface area contributed by atoms with Crippen molar-refractivity contribution < 1.29 is 9.59 Å². The van der Waals surface area contributed by atoms with Crippen LogP contribution in [0.3, 0.4) is 0 Å². The lowest BCUT2D eigenvalue weighted by molar-refractivity contribution is -0.131. The Hall–Kier alpha value is -1.95. The summed E-state index contributed by atoms with van der Waals surface area (Å²) in [5, 5.41) is 2.87. The smallest absolute Gasteiger partial charge is 0.325 e.